The first-order chi connectivity index (χ1) is 12.8. The van der Waals surface area contributed by atoms with E-state index in [1.807, 2.05) is 40.6 Å². The van der Waals surface area contributed by atoms with Crippen LogP contribution in [0.4, 0.5) is 5.82 Å². The number of nitrogens with zero attached hydrogens (tertiary/aromatic N) is 5. The number of hydrogen-bond donors (Lipinski definition) is 0. The summed E-state index contributed by atoms with van der Waals surface area (Å²) in [5.74, 6) is 1.11. The first-order valence-electron chi connectivity index (χ1n) is 8.58. The van der Waals surface area contributed by atoms with Crippen molar-refractivity contribution in [2.24, 2.45) is 0 Å². The minimum atomic E-state index is 0.133. The molecule has 4 rings (SSSR count). The van der Waals surface area contributed by atoms with Crippen molar-refractivity contribution in [2.45, 2.75) is 6.42 Å². The smallest absolute Gasteiger partial charge is 0.228 e. The maximum Gasteiger partial charge on any atom is 0.228 e. The van der Waals surface area contributed by atoms with E-state index in [1.54, 1.807) is 29.9 Å². The maximum atomic E-state index is 12.6. The zero-order chi connectivity index (χ0) is 17.8. The van der Waals surface area contributed by atoms with Crippen LogP contribution in [0, 0.1) is 0 Å². The molecule has 0 spiro atoms. The highest BCUT2D eigenvalue weighted by atomic mass is 32.1. The summed E-state index contributed by atoms with van der Waals surface area (Å²) >= 11 is 1.55. The average Bonchev–Trinajstić information content (AvgIpc) is 3.18. The van der Waals surface area contributed by atoms with Gasteiger partial charge < -0.3 is 9.80 Å². The molecular formula is C19H19N5OS. The van der Waals surface area contributed by atoms with Crippen LogP contribution in [0.25, 0.3) is 10.6 Å². The topological polar surface area (TPSA) is 62.2 Å². The Morgan fingerprint density at radius 2 is 1.96 bits per heavy atom. The summed E-state index contributed by atoms with van der Waals surface area (Å²) in [6.45, 7) is 3.05. The Hall–Kier alpha value is -2.80. The van der Waals surface area contributed by atoms with E-state index >= 15 is 0 Å². The van der Waals surface area contributed by atoms with Gasteiger partial charge in [0.15, 0.2) is 0 Å². The molecule has 0 aromatic carbocycles. The molecule has 7 heteroatoms. The monoisotopic (exact) mass is 365 g/mol. The molecule has 4 heterocycles. The number of thiazole rings is 1. The molecule has 0 bridgehead atoms. The number of aromatic nitrogens is 3. The summed E-state index contributed by atoms with van der Waals surface area (Å²) in [4.78, 5) is 29.8. The Morgan fingerprint density at radius 3 is 2.69 bits per heavy atom. The van der Waals surface area contributed by atoms with Gasteiger partial charge in [-0.15, -0.1) is 11.3 Å². The zero-order valence-corrected chi connectivity index (χ0v) is 15.1. The minimum absolute atomic E-state index is 0.133. The van der Waals surface area contributed by atoms with Crippen molar-refractivity contribution in [2.75, 3.05) is 31.1 Å². The lowest BCUT2D eigenvalue weighted by molar-refractivity contribution is -0.130. The Balaban J connectivity index is 1.34. The van der Waals surface area contributed by atoms with E-state index in [4.69, 9.17) is 0 Å². The van der Waals surface area contributed by atoms with Gasteiger partial charge in [-0.25, -0.2) is 9.97 Å². The summed E-state index contributed by atoms with van der Waals surface area (Å²) in [5.41, 5.74) is 1.81. The van der Waals surface area contributed by atoms with Crippen LogP contribution in [0.1, 0.15) is 5.69 Å². The standard InChI is InChI=1S/C19H19N5OS/c25-18(12-16-14-26-19(22-16)15-4-3-6-20-13-15)24-10-8-23(9-11-24)17-5-1-2-7-21-17/h1-7,13-14H,8-12H2. The third-order valence-corrected chi connectivity index (χ3v) is 5.34. The van der Waals surface area contributed by atoms with Gasteiger partial charge in [-0.3, -0.25) is 9.78 Å². The molecule has 0 aliphatic carbocycles. The van der Waals surface area contributed by atoms with Crippen LogP contribution in [0.15, 0.2) is 54.3 Å². The molecule has 132 valence electrons. The molecule has 26 heavy (non-hydrogen) atoms. The summed E-state index contributed by atoms with van der Waals surface area (Å²) in [5, 5.41) is 2.87. The van der Waals surface area contributed by atoms with Crippen LogP contribution < -0.4 is 4.90 Å². The highest BCUT2D eigenvalue weighted by Gasteiger charge is 2.22. The van der Waals surface area contributed by atoms with E-state index < -0.39 is 0 Å². The lowest BCUT2D eigenvalue weighted by Gasteiger charge is -2.35. The number of carbonyl (C=O) groups excluding carboxylic acids is 1. The quantitative estimate of drug-likeness (QED) is 0.711. The average molecular weight is 365 g/mol. The van der Waals surface area contributed by atoms with Crippen molar-refractivity contribution in [1.29, 1.82) is 0 Å². The fourth-order valence-electron chi connectivity index (χ4n) is 3.00. The molecule has 1 aliphatic rings. The van der Waals surface area contributed by atoms with E-state index in [0.29, 0.717) is 6.42 Å². The molecular weight excluding hydrogens is 346 g/mol. The van der Waals surface area contributed by atoms with Crippen LogP contribution in [-0.2, 0) is 11.2 Å². The number of hydrogen-bond acceptors (Lipinski definition) is 6. The summed E-state index contributed by atoms with van der Waals surface area (Å²) in [7, 11) is 0. The molecule has 0 saturated carbocycles. The molecule has 1 amide bonds. The van der Waals surface area contributed by atoms with Crippen LogP contribution >= 0.6 is 11.3 Å². The van der Waals surface area contributed by atoms with Gasteiger partial charge >= 0.3 is 0 Å². The second-order valence-corrected chi connectivity index (χ2v) is 6.98. The maximum absolute atomic E-state index is 12.6. The zero-order valence-electron chi connectivity index (χ0n) is 14.3. The van der Waals surface area contributed by atoms with Gasteiger partial charge in [0.2, 0.25) is 5.91 Å². The minimum Gasteiger partial charge on any atom is -0.353 e. The van der Waals surface area contributed by atoms with Gasteiger partial charge in [-0.1, -0.05) is 6.07 Å². The summed E-state index contributed by atoms with van der Waals surface area (Å²) < 4.78 is 0. The number of rotatable bonds is 4. The highest BCUT2D eigenvalue weighted by molar-refractivity contribution is 7.13. The van der Waals surface area contributed by atoms with Gasteiger partial charge in [0.05, 0.1) is 12.1 Å². The van der Waals surface area contributed by atoms with Crippen molar-refractivity contribution in [3.05, 3.63) is 60.0 Å². The lowest BCUT2D eigenvalue weighted by atomic mass is 10.2. The normalized spacial score (nSPS) is 14.5. The van der Waals surface area contributed by atoms with Gasteiger partial charge in [0.1, 0.15) is 10.8 Å². The van der Waals surface area contributed by atoms with Crippen LogP contribution in [-0.4, -0.2) is 51.9 Å². The fraction of sp³-hybridized carbons (Fsp3) is 0.263. The van der Waals surface area contributed by atoms with Gasteiger partial charge in [-0.2, -0.15) is 0 Å². The fourth-order valence-corrected chi connectivity index (χ4v) is 3.81. The molecule has 0 atom stereocenters. The predicted octanol–water partition coefficient (Wildman–Crippen LogP) is 2.49. The van der Waals surface area contributed by atoms with Crippen molar-refractivity contribution in [3.8, 4) is 10.6 Å². The Morgan fingerprint density at radius 1 is 1.08 bits per heavy atom. The molecule has 0 radical (unpaired) electrons. The third kappa shape index (κ3) is 3.72. The molecule has 3 aromatic rings. The molecule has 1 saturated heterocycles. The number of carbonyl (C=O) groups is 1. The number of anilines is 1. The Bertz CT molecular complexity index is 860. The first kappa shape index (κ1) is 16.7. The first-order valence-corrected chi connectivity index (χ1v) is 9.46. The number of pyridine rings is 2. The predicted molar refractivity (Wildman–Crippen MR) is 102 cm³/mol. The van der Waals surface area contributed by atoms with E-state index in [0.717, 1.165) is 48.3 Å². The van der Waals surface area contributed by atoms with Gasteiger partial charge in [0, 0.05) is 55.7 Å². The highest BCUT2D eigenvalue weighted by Crippen LogP contribution is 2.23. The lowest BCUT2D eigenvalue weighted by Crippen LogP contribution is -2.49. The van der Waals surface area contributed by atoms with Gasteiger partial charge in [0.25, 0.3) is 0 Å². The second-order valence-electron chi connectivity index (χ2n) is 6.12. The van der Waals surface area contributed by atoms with Crippen molar-refractivity contribution >= 4 is 23.1 Å². The molecule has 1 aliphatic heterocycles. The van der Waals surface area contributed by atoms with Crippen LogP contribution in [0.5, 0.6) is 0 Å². The van der Waals surface area contributed by atoms with Crippen LogP contribution in [0.3, 0.4) is 0 Å². The van der Waals surface area contributed by atoms with Crippen molar-refractivity contribution in [3.63, 3.8) is 0 Å². The second kappa shape index (κ2) is 7.61. The Kier molecular flexibility index (Phi) is 4.88. The Labute approximate surface area is 156 Å². The van der Waals surface area contributed by atoms with Crippen molar-refractivity contribution in [1.82, 2.24) is 19.9 Å². The molecule has 1 fully saturated rings. The summed E-state index contributed by atoms with van der Waals surface area (Å²) in [6.07, 6.45) is 5.68. The molecule has 3 aromatic heterocycles. The number of piperazine rings is 1. The molecule has 6 nitrogen and oxygen atoms in total. The van der Waals surface area contributed by atoms with E-state index in [2.05, 4.69) is 19.9 Å². The largest absolute Gasteiger partial charge is 0.353 e. The molecule has 0 unspecified atom stereocenters. The third-order valence-electron chi connectivity index (χ3n) is 4.40. The van der Waals surface area contributed by atoms with Gasteiger partial charge in [-0.05, 0) is 24.3 Å². The van der Waals surface area contributed by atoms with Crippen LogP contribution in [0.2, 0.25) is 0 Å². The van der Waals surface area contributed by atoms with Crippen molar-refractivity contribution < 1.29 is 4.79 Å². The van der Waals surface area contributed by atoms with E-state index in [-0.39, 0.29) is 5.91 Å². The van der Waals surface area contributed by atoms with E-state index in [9.17, 15) is 4.79 Å². The molecule has 0 N–H and O–H groups in total. The number of amides is 1. The summed E-state index contributed by atoms with van der Waals surface area (Å²) in [6, 6.07) is 9.78. The SMILES string of the molecule is O=C(Cc1csc(-c2cccnc2)n1)N1CCN(c2ccccn2)CC1. The van der Waals surface area contributed by atoms with E-state index in [1.165, 1.54) is 0 Å².